The minimum Gasteiger partial charge on any atom is -1.00 e. The molecule has 0 amide bonds. The van der Waals surface area contributed by atoms with E-state index in [1.165, 1.54) is 51.7 Å². The Bertz CT molecular complexity index is 1080. The predicted octanol–water partition coefficient (Wildman–Crippen LogP) is 1.09. The summed E-state index contributed by atoms with van der Waals surface area (Å²) in [5, 5.41) is 4.49. The average Bonchev–Trinajstić information content (AvgIpc) is 3.27. The van der Waals surface area contributed by atoms with Gasteiger partial charge in [0.25, 0.3) is 0 Å². The van der Waals surface area contributed by atoms with Gasteiger partial charge in [0.05, 0.1) is 8.80 Å². The molecule has 0 radical (unpaired) electrons. The molecule has 1 aliphatic rings. The van der Waals surface area contributed by atoms with Crippen molar-refractivity contribution >= 4 is 37.2 Å². The Morgan fingerprint density at radius 1 is 1.00 bits per heavy atom. The van der Waals surface area contributed by atoms with E-state index in [0.29, 0.717) is 5.92 Å². The molecule has 0 saturated heterocycles. The standard InChI is InChI=1S/C25H31OSi2.C2H4.2ClH.Zr/c1-27(2)25-23(16-17-26-28(3,4)5)20-12-8-9-13-21(20)24(25)22-15-14-18-10-6-7-11-19(18)22;1-2;;;/h6-15,24,27H,16-17H2,1-5H3;1H,2H3;2*1H;/q-1;;;;+2/p-2. The first-order valence-electron chi connectivity index (χ1n) is 11.3. The Morgan fingerprint density at radius 3 is 2.24 bits per heavy atom. The molecular weight excluding hydrogens is 559 g/mol. The second kappa shape index (κ2) is 13.6. The molecule has 0 aliphatic heterocycles. The molecule has 0 aromatic heterocycles. The van der Waals surface area contributed by atoms with Gasteiger partial charge in [-0.05, 0) is 48.7 Å². The van der Waals surface area contributed by atoms with Crippen molar-refractivity contribution in [3.63, 3.8) is 0 Å². The molecule has 0 saturated carbocycles. The van der Waals surface area contributed by atoms with Crippen molar-refractivity contribution in [3.8, 4) is 0 Å². The zero-order chi connectivity index (χ0) is 22.6. The second-order valence-corrected chi connectivity index (χ2v) is 18.3. The van der Waals surface area contributed by atoms with Gasteiger partial charge in [-0.25, -0.2) is 0 Å². The van der Waals surface area contributed by atoms with Crippen LogP contribution in [-0.4, -0.2) is 27.4 Å². The second-order valence-electron chi connectivity index (χ2n) is 9.48. The van der Waals surface area contributed by atoms with Gasteiger partial charge in [-0.1, -0.05) is 48.6 Å². The van der Waals surface area contributed by atoms with E-state index in [9.17, 15) is 0 Å². The third-order valence-electron chi connectivity index (χ3n) is 5.79. The van der Waals surface area contributed by atoms with Gasteiger partial charge in [0, 0.05) is 6.61 Å². The van der Waals surface area contributed by atoms with Gasteiger partial charge in [0.1, 0.15) is 0 Å². The zero-order valence-corrected chi connectivity index (χ0v) is 26.7. The summed E-state index contributed by atoms with van der Waals surface area (Å²) in [6.07, 6.45) is 1.04. The monoisotopic (exact) mass is 591 g/mol. The molecule has 176 valence electrons. The minimum atomic E-state index is -1.49. The van der Waals surface area contributed by atoms with Crippen LogP contribution < -0.4 is 24.8 Å². The van der Waals surface area contributed by atoms with Crippen molar-refractivity contribution in [1.82, 2.24) is 0 Å². The van der Waals surface area contributed by atoms with Gasteiger partial charge in [-0.2, -0.15) is 6.07 Å². The Labute approximate surface area is 230 Å². The number of benzene rings is 2. The van der Waals surface area contributed by atoms with E-state index in [1.807, 2.05) is 6.92 Å². The summed E-state index contributed by atoms with van der Waals surface area (Å²) in [6, 6.07) is 22.6. The van der Waals surface area contributed by atoms with E-state index in [-0.39, 0.29) is 24.8 Å². The predicted molar refractivity (Wildman–Crippen MR) is 139 cm³/mol. The number of allylic oxidation sites excluding steroid dienone is 1. The van der Waals surface area contributed by atoms with Crippen LogP contribution in [0.5, 0.6) is 0 Å². The molecule has 33 heavy (non-hydrogen) atoms. The molecule has 3 aromatic rings. The average molecular weight is 594 g/mol. The van der Waals surface area contributed by atoms with Crippen molar-refractivity contribution in [1.29, 1.82) is 0 Å². The van der Waals surface area contributed by atoms with E-state index >= 15 is 0 Å². The van der Waals surface area contributed by atoms with Crippen LogP contribution in [0.2, 0.25) is 32.7 Å². The van der Waals surface area contributed by atoms with E-state index in [1.54, 1.807) is 10.8 Å². The van der Waals surface area contributed by atoms with E-state index in [4.69, 9.17) is 4.43 Å². The fraction of sp³-hybridized carbons (Fsp3) is 0.333. The molecule has 0 spiro atoms. The molecule has 1 unspecified atom stereocenters. The summed E-state index contributed by atoms with van der Waals surface area (Å²) in [6.45, 7) is 14.7. The van der Waals surface area contributed by atoms with E-state index < -0.39 is 17.1 Å². The number of hydrogen-bond acceptors (Lipinski definition) is 1. The van der Waals surface area contributed by atoms with Crippen molar-refractivity contribution in [2.45, 2.75) is 52.0 Å². The Balaban J connectivity index is 0.00000103. The minimum absolute atomic E-state index is 0. The smallest absolute Gasteiger partial charge is 0.183 e. The van der Waals surface area contributed by atoms with Crippen molar-refractivity contribution < 1.29 is 53.5 Å². The van der Waals surface area contributed by atoms with Crippen molar-refractivity contribution in [3.05, 3.63) is 82.6 Å². The van der Waals surface area contributed by atoms with Gasteiger partial charge in [-0.15, -0.1) is 40.6 Å². The molecule has 1 nitrogen and oxygen atoms in total. The van der Waals surface area contributed by atoms with Crippen molar-refractivity contribution in [2.24, 2.45) is 0 Å². The van der Waals surface area contributed by atoms with Crippen LogP contribution in [0.25, 0.3) is 16.3 Å². The quantitative estimate of drug-likeness (QED) is 0.307. The topological polar surface area (TPSA) is 9.23 Å². The first-order chi connectivity index (χ1) is 14.8. The molecule has 0 N–H and O–H groups in total. The maximum Gasteiger partial charge on any atom is 0.183 e. The molecule has 1 atom stereocenters. The number of rotatable bonds is 6. The van der Waals surface area contributed by atoms with Gasteiger partial charge >= 0.3 is 34.9 Å². The molecule has 0 heterocycles. The summed E-state index contributed by atoms with van der Waals surface area (Å²) >= 11 is 1.51. The fourth-order valence-corrected chi connectivity index (χ4v) is 7.44. The SMILES string of the molecule is C[CH]=[Zr+2].C[SiH](C)C1=C(CCO[Si](C)(C)C)c2ccccc2C1[c-]1ccc2ccccc21.[Cl-].[Cl-]. The summed E-state index contributed by atoms with van der Waals surface area (Å²) in [4.78, 5) is 0. The van der Waals surface area contributed by atoms with Crippen LogP contribution >= 0.6 is 0 Å². The number of halogens is 2. The van der Waals surface area contributed by atoms with Crippen LogP contribution in [0, 0.1) is 0 Å². The molecular formula is C27H35Cl2OSi2Zr-. The summed E-state index contributed by atoms with van der Waals surface area (Å²) in [5.41, 5.74) is 6.03. The number of hydrogen-bond donors (Lipinski definition) is 0. The van der Waals surface area contributed by atoms with Gasteiger partial charge in [0.2, 0.25) is 0 Å². The molecule has 3 aromatic carbocycles. The maximum absolute atomic E-state index is 6.25. The number of fused-ring (bicyclic) bond motifs is 2. The van der Waals surface area contributed by atoms with Crippen molar-refractivity contribution in [2.75, 3.05) is 6.61 Å². The first-order valence-corrected chi connectivity index (χ1v) is 19.1. The third-order valence-corrected chi connectivity index (χ3v) is 8.79. The van der Waals surface area contributed by atoms with Gasteiger partial charge in [0.15, 0.2) is 8.32 Å². The Morgan fingerprint density at radius 2 is 1.61 bits per heavy atom. The first kappa shape index (κ1) is 30.5. The Kier molecular flexibility index (Phi) is 12.6. The zero-order valence-electron chi connectivity index (χ0n) is 20.6. The summed E-state index contributed by atoms with van der Waals surface area (Å²) in [5.74, 6) is 0.421. The molecule has 6 heteroatoms. The van der Waals surface area contributed by atoms with Crippen LogP contribution in [-0.2, 0) is 28.7 Å². The normalized spacial score (nSPS) is 14.9. The molecule has 0 fully saturated rings. The third kappa shape index (κ3) is 7.26. The molecule has 0 bridgehead atoms. The van der Waals surface area contributed by atoms with E-state index in [0.717, 1.165) is 13.0 Å². The van der Waals surface area contributed by atoms with Crippen LogP contribution in [0.4, 0.5) is 0 Å². The molecule has 1 aliphatic carbocycles. The Hall–Kier alpha value is -0.483. The van der Waals surface area contributed by atoms with Crippen LogP contribution in [0.3, 0.4) is 0 Å². The molecule has 4 rings (SSSR count). The summed E-state index contributed by atoms with van der Waals surface area (Å²) < 4.78 is 8.34. The van der Waals surface area contributed by atoms with Crippen LogP contribution in [0.1, 0.15) is 36.0 Å². The van der Waals surface area contributed by atoms with Gasteiger partial charge < -0.3 is 29.2 Å². The largest absolute Gasteiger partial charge is 1.00 e. The van der Waals surface area contributed by atoms with Gasteiger partial charge in [-0.3, -0.25) is 0 Å². The van der Waals surface area contributed by atoms with E-state index in [2.05, 4.69) is 97.1 Å². The summed E-state index contributed by atoms with van der Waals surface area (Å²) in [7, 11) is -2.49. The fourth-order valence-electron chi connectivity index (χ4n) is 4.70. The van der Waals surface area contributed by atoms with Crippen LogP contribution in [0.15, 0.2) is 65.9 Å². The maximum atomic E-state index is 6.25.